The normalized spacial score (nSPS) is 19.9. The fourth-order valence-corrected chi connectivity index (χ4v) is 7.73. The number of carbonyl (C=O) groups excluding carboxylic acids is 2. The van der Waals surface area contributed by atoms with Crippen LogP contribution in [0.4, 0.5) is 15.8 Å². The number of halogens is 2. The van der Waals surface area contributed by atoms with Crippen molar-refractivity contribution in [3.8, 4) is 5.75 Å². The molecule has 4 aromatic rings. The Hall–Kier alpha value is -4.00. The Morgan fingerprint density at radius 1 is 1.05 bits per heavy atom. The maximum Gasteiger partial charge on any atom is 0.305 e. The number of imide groups is 1. The highest BCUT2D eigenvalue weighted by molar-refractivity contribution is 8.00. The summed E-state index contributed by atoms with van der Waals surface area (Å²) in [4.78, 5) is 54.9. The van der Waals surface area contributed by atoms with E-state index >= 15 is 0 Å². The standard InChI is InChI=1S/C27H17ClFN3O6S2/c28-14-3-1-2-13(10-14)12-38-19-9-8-17(32(36)37)11-18(19)20-21-23(39-24-22(20)40-27(35)30-24)26(34)31(25(21)33)16-6-4-15(29)5-7-16/h1-11,20-21,23H,12H2,(H,30,35). The summed E-state index contributed by atoms with van der Waals surface area (Å²) in [6.45, 7) is 0.0751. The molecule has 3 aromatic carbocycles. The molecular weight excluding hydrogens is 581 g/mol. The summed E-state index contributed by atoms with van der Waals surface area (Å²) < 4.78 is 19.7. The molecule has 6 rings (SSSR count). The third kappa shape index (κ3) is 4.57. The number of hydrogen-bond acceptors (Lipinski definition) is 8. The second kappa shape index (κ2) is 10.2. The summed E-state index contributed by atoms with van der Waals surface area (Å²) in [5.41, 5.74) is 1.01. The topological polar surface area (TPSA) is 123 Å². The van der Waals surface area contributed by atoms with Gasteiger partial charge in [0, 0.05) is 33.5 Å². The molecule has 3 heterocycles. The Kier molecular flexibility index (Phi) is 6.69. The Morgan fingerprint density at radius 3 is 2.55 bits per heavy atom. The minimum absolute atomic E-state index is 0.0751. The molecule has 1 fully saturated rings. The molecule has 13 heteroatoms. The highest BCUT2D eigenvalue weighted by atomic mass is 35.5. The molecule has 40 heavy (non-hydrogen) atoms. The van der Waals surface area contributed by atoms with Gasteiger partial charge in [0.1, 0.15) is 23.4 Å². The predicted molar refractivity (Wildman–Crippen MR) is 148 cm³/mol. The summed E-state index contributed by atoms with van der Waals surface area (Å²) in [7, 11) is 0. The third-order valence-electron chi connectivity index (χ3n) is 6.73. The van der Waals surface area contributed by atoms with Gasteiger partial charge in [0.05, 0.1) is 21.6 Å². The van der Waals surface area contributed by atoms with Crippen LogP contribution in [0.2, 0.25) is 5.02 Å². The van der Waals surface area contributed by atoms with Crippen molar-refractivity contribution in [1.82, 2.24) is 4.98 Å². The van der Waals surface area contributed by atoms with Gasteiger partial charge in [-0.25, -0.2) is 9.29 Å². The Balaban J connectivity index is 1.48. The van der Waals surface area contributed by atoms with Crippen LogP contribution >= 0.6 is 34.7 Å². The van der Waals surface area contributed by atoms with Crippen LogP contribution in [-0.4, -0.2) is 27.0 Å². The van der Waals surface area contributed by atoms with Crippen LogP contribution in [0.25, 0.3) is 0 Å². The van der Waals surface area contributed by atoms with Crippen molar-refractivity contribution < 1.29 is 23.6 Å². The number of benzene rings is 3. The van der Waals surface area contributed by atoms with Crippen molar-refractivity contribution in [3.05, 3.63) is 113 Å². The third-order valence-corrected chi connectivity index (χ3v) is 9.37. The molecule has 2 amide bonds. The highest BCUT2D eigenvalue weighted by Crippen LogP contribution is 2.55. The first-order chi connectivity index (χ1) is 19.2. The fraction of sp³-hybridized carbons (Fsp3) is 0.148. The summed E-state index contributed by atoms with van der Waals surface area (Å²) in [6.07, 6.45) is 0. The molecule has 0 spiro atoms. The number of rotatable bonds is 6. The highest BCUT2D eigenvalue weighted by Gasteiger charge is 2.57. The maximum absolute atomic E-state index is 13.9. The Labute approximate surface area is 238 Å². The number of nitrogens with one attached hydrogen (secondary N) is 1. The number of amides is 2. The molecule has 3 unspecified atom stereocenters. The van der Waals surface area contributed by atoms with E-state index < -0.39 is 39.6 Å². The van der Waals surface area contributed by atoms with E-state index in [1.807, 2.05) is 0 Å². The minimum atomic E-state index is -1.00. The summed E-state index contributed by atoms with van der Waals surface area (Å²) in [6, 6.07) is 16.0. The van der Waals surface area contributed by atoms with E-state index in [4.69, 9.17) is 16.3 Å². The number of nitro groups is 1. The first-order valence-electron chi connectivity index (χ1n) is 11.9. The molecule has 0 saturated carbocycles. The number of ether oxygens (including phenoxy) is 1. The number of non-ortho nitro benzene ring substituents is 1. The number of aromatic amines is 1. The van der Waals surface area contributed by atoms with Gasteiger partial charge >= 0.3 is 4.87 Å². The number of hydrogen-bond donors (Lipinski definition) is 1. The van der Waals surface area contributed by atoms with Crippen molar-refractivity contribution in [1.29, 1.82) is 0 Å². The number of thioether (sulfide) groups is 1. The number of carbonyl (C=O) groups is 2. The number of aromatic nitrogens is 1. The van der Waals surface area contributed by atoms with E-state index in [0.29, 0.717) is 20.5 Å². The molecule has 0 bridgehead atoms. The summed E-state index contributed by atoms with van der Waals surface area (Å²) in [5.74, 6) is -3.25. The number of nitro benzene ring substituents is 1. The molecule has 1 saturated heterocycles. The molecule has 0 radical (unpaired) electrons. The van der Waals surface area contributed by atoms with Crippen molar-refractivity contribution in [2.24, 2.45) is 5.92 Å². The summed E-state index contributed by atoms with van der Waals surface area (Å²) >= 11 is 8.04. The van der Waals surface area contributed by atoms with Gasteiger partial charge in [0.2, 0.25) is 11.8 Å². The molecule has 1 N–H and O–H groups in total. The smallest absolute Gasteiger partial charge is 0.305 e. The van der Waals surface area contributed by atoms with Gasteiger partial charge in [0.15, 0.2) is 0 Å². The lowest BCUT2D eigenvalue weighted by Crippen LogP contribution is -2.32. The minimum Gasteiger partial charge on any atom is -0.489 e. The molecule has 0 aliphatic carbocycles. The number of fused-ring (bicyclic) bond motifs is 2. The van der Waals surface area contributed by atoms with Gasteiger partial charge < -0.3 is 9.72 Å². The first-order valence-corrected chi connectivity index (χ1v) is 14.0. The van der Waals surface area contributed by atoms with Crippen molar-refractivity contribution >= 4 is 57.9 Å². The van der Waals surface area contributed by atoms with Crippen LogP contribution in [0.3, 0.4) is 0 Å². The number of nitrogens with zero attached hydrogens (tertiary/aromatic N) is 2. The van der Waals surface area contributed by atoms with Gasteiger partial charge in [-0.15, -0.1) is 0 Å². The second-order valence-electron chi connectivity index (χ2n) is 9.14. The van der Waals surface area contributed by atoms with Crippen LogP contribution in [0, 0.1) is 21.8 Å². The quantitative estimate of drug-likeness (QED) is 0.177. The van der Waals surface area contributed by atoms with E-state index in [0.717, 1.165) is 45.7 Å². The van der Waals surface area contributed by atoms with E-state index in [1.54, 1.807) is 24.3 Å². The largest absolute Gasteiger partial charge is 0.489 e. The lowest BCUT2D eigenvalue weighted by molar-refractivity contribution is -0.385. The van der Waals surface area contributed by atoms with E-state index in [1.165, 1.54) is 30.3 Å². The SMILES string of the molecule is O=C1C2Sc3[nH]c(=O)sc3C(c3cc([N+](=O)[O-])ccc3OCc3cccc(Cl)c3)C2C(=O)N1c1ccc(F)cc1. The van der Waals surface area contributed by atoms with E-state index in [-0.39, 0.29) is 28.6 Å². The van der Waals surface area contributed by atoms with Crippen LogP contribution in [0.1, 0.15) is 21.9 Å². The number of H-pyrrole nitrogens is 1. The van der Waals surface area contributed by atoms with Gasteiger partial charge in [-0.2, -0.15) is 0 Å². The van der Waals surface area contributed by atoms with Gasteiger partial charge in [-0.3, -0.25) is 24.5 Å². The van der Waals surface area contributed by atoms with E-state index in [9.17, 15) is 28.9 Å². The molecule has 1 aromatic heterocycles. The van der Waals surface area contributed by atoms with Crippen molar-refractivity contribution in [2.75, 3.05) is 4.90 Å². The van der Waals surface area contributed by atoms with Crippen LogP contribution in [0.15, 0.2) is 76.6 Å². The predicted octanol–water partition coefficient (Wildman–Crippen LogP) is 5.51. The first kappa shape index (κ1) is 26.2. The molecule has 2 aliphatic heterocycles. The zero-order chi connectivity index (χ0) is 28.1. The zero-order valence-corrected chi connectivity index (χ0v) is 22.6. The van der Waals surface area contributed by atoms with E-state index in [2.05, 4.69) is 4.98 Å². The molecule has 2 aliphatic rings. The van der Waals surface area contributed by atoms with Crippen LogP contribution < -0.4 is 14.5 Å². The zero-order valence-electron chi connectivity index (χ0n) is 20.2. The number of anilines is 1. The molecular formula is C27H17ClFN3O6S2. The lowest BCUT2D eigenvalue weighted by Gasteiger charge is -2.30. The average molecular weight is 598 g/mol. The Morgan fingerprint density at radius 2 is 1.82 bits per heavy atom. The van der Waals surface area contributed by atoms with Gasteiger partial charge in [-0.1, -0.05) is 46.8 Å². The number of thiazole rings is 1. The second-order valence-corrected chi connectivity index (χ2v) is 11.7. The van der Waals surface area contributed by atoms with Crippen LogP contribution in [-0.2, 0) is 16.2 Å². The molecule has 202 valence electrons. The monoisotopic (exact) mass is 597 g/mol. The Bertz CT molecular complexity index is 1740. The molecule has 9 nitrogen and oxygen atoms in total. The summed E-state index contributed by atoms with van der Waals surface area (Å²) in [5, 5.41) is 11.7. The van der Waals surface area contributed by atoms with Gasteiger partial charge in [0.25, 0.3) is 5.69 Å². The average Bonchev–Trinajstić information content (AvgIpc) is 3.42. The fourth-order valence-electron chi connectivity index (χ4n) is 5.01. The molecule has 3 atom stereocenters. The maximum atomic E-state index is 13.9. The van der Waals surface area contributed by atoms with Crippen molar-refractivity contribution in [3.63, 3.8) is 0 Å². The van der Waals surface area contributed by atoms with Crippen LogP contribution in [0.5, 0.6) is 5.75 Å². The van der Waals surface area contributed by atoms with Crippen molar-refractivity contribution in [2.45, 2.75) is 22.8 Å². The van der Waals surface area contributed by atoms with Gasteiger partial charge in [-0.05, 0) is 48.0 Å². The lowest BCUT2D eigenvalue weighted by atomic mass is 9.82.